The van der Waals surface area contributed by atoms with E-state index in [0.717, 1.165) is 34.6 Å². The maximum absolute atomic E-state index is 14.1. The van der Waals surface area contributed by atoms with Crippen LogP contribution in [0.15, 0.2) is 40.9 Å². The van der Waals surface area contributed by atoms with Gasteiger partial charge in [-0.3, -0.25) is 0 Å². The van der Waals surface area contributed by atoms with Crippen molar-refractivity contribution in [3.63, 3.8) is 0 Å². The molecule has 1 nitrogen and oxygen atoms in total. The first kappa shape index (κ1) is 16.1. The van der Waals surface area contributed by atoms with Gasteiger partial charge in [-0.25, -0.2) is 8.78 Å². The van der Waals surface area contributed by atoms with Crippen molar-refractivity contribution in [3.8, 4) is 0 Å². The fraction of sp³-hybridized carbons (Fsp3) is 0.294. The zero-order valence-electron chi connectivity index (χ0n) is 12.1. The third kappa shape index (κ3) is 3.69. The number of rotatable bonds is 5. The van der Waals surface area contributed by atoms with Crippen LogP contribution in [0.3, 0.4) is 0 Å². The van der Waals surface area contributed by atoms with Crippen molar-refractivity contribution in [1.82, 2.24) is 5.32 Å². The smallest absolute Gasteiger partial charge is 0.163 e. The third-order valence-electron chi connectivity index (χ3n) is 3.36. The fourth-order valence-corrected chi connectivity index (χ4v) is 3.01. The first-order valence-corrected chi connectivity index (χ1v) is 7.77. The molecule has 0 heterocycles. The number of hydrogen-bond acceptors (Lipinski definition) is 1. The topological polar surface area (TPSA) is 12.0 Å². The highest BCUT2D eigenvalue weighted by Gasteiger charge is 2.21. The Morgan fingerprint density at radius 1 is 1.14 bits per heavy atom. The molecule has 0 aliphatic heterocycles. The lowest BCUT2D eigenvalue weighted by Crippen LogP contribution is -2.24. The van der Waals surface area contributed by atoms with Crippen LogP contribution in [0.1, 0.15) is 36.1 Å². The van der Waals surface area contributed by atoms with Crippen LogP contribution >= 0.6 is 15.9 Å². The van der Waals surface area contributed by atoms with Gasteiger partial charge in [-0.2, -0.15) is 0 Å². The molecule has 21 heavy (non-hydrogen) atoms. The molecule has 0 fully saturated rings. The summed E-state index contributed by atoms with van der Waals surface area (Å²) < 4.78 is 28.6. The zero-order chi connectivity index (χ0) is 15.4. The summed E-state index contributed by atoms with van der Waals surface area (Å²) in [5.74, 6) is -1.61. The summed E-state index contributed by atoms with van der Waals surface area (Å²) in [6, 6.07) is 9.81. The standard InChI is InChI=1S/C17H18BrF2N/c1-3-9-21-17(12-8-7-11(2)10-14(12)18)13-5-4-6-15(19)16(13)20/h4-8,10,17,21H,3,9H2,1-2H3. The van der Waals surface area contributed by atoms with Crippen LogP contribution in [0.4, 0.5) is 8.78 Å². The molecule has 1 atom stereocenters. The molecule has 2 aromatic rings. The minimum atomic E-state index is -0.820. The molecular formula is C17H18BrF2N. The molecule has 0 saturated carbocycles. The molecule has 1 unspecified atom stereocenters. The van der Waals surface area contributed by atoms with E-state index < -0.39 is 11.6 Å². The van der Waals surface area contributed by atoms with Crippen LogP contribution in [0.2, 0.25) is 0 Å². The average Bonchev–Trinajstić information content (AvgIpc) is 2.45. The van der Waals surface area contributed by atoms with E-state index in [1.807, 2.05) is 32.0 Å². The van der Waals surface area contributed by atoms with E-state index in [2.05, 4.69) is 21.2 Å². The highest BCUT2D eigenvalue weighted by Crippen LogP contribution is 2.31. The van der Waals surface area contributed by atoms with Gasteiger partial charge in [0.1, 0.15) is 0 Å². The van der Waals surface area contributed by atoms with Crippen molar-refractivity contribution in [2.75, 3.05) is 6.54 Å². The summed E-state index contributed by atoms with van der Waals surface area (Å²) in [5, 5.41) is 3.29. The SMILES string of the molecule is CCCNC(c1ccc(C)cc1Br)c1cccc(F)c1F. The monoisotopic (exact) mass is 353 g/mol. The van der Waals surface area contributed by atoms with Crippen LogP contribution in [-0.4, -0.2) is 6.54 Å². The highest BCUT2D eigenvalue weighted by molar-refractivity contribution is 9.10. The van der Waals surface area contributed by atoms with Crippen LogP contribution in [-0.2, 0) is 0 Å². The lowest BCUT2D eigenvalue weighted by molar-refractivity contribution is 0.480. The van der Waals surface area contributed by atoms with Gasteiger partial charge < -0.3 is 5.32 Å². The molecule has 0 spiro atoms. The van der Waals surface area contributed by atoms with Crippen molar-refractivity contribution in [2.45, 2.75) is 26.3 Å². The van der Waals surface area contributed by atoms with Gasteiger partial charge in [0, 0.05) is 10.0 Å². The molecule has 0 aliphatic rings. The van der Waals surface area contributed by atoms with Crippen LogP contribution in [0.5, 0.6) is 0 Å². The lowest BCUT2D eigenvalue weighted by atomic mass is 9.97. The lowest BCUT2D eigenvalue weighted by Gasteiger charge is -2.22. The summed E-state index contributed by atoms with van der Waals surface area (Å²) >= 11 is 3.52. The third-order valence-corrected chi connectivity index (χ3v) is 4.04. The van der Waals surface area contributed by atoms with Crippen LogP contribution in [0.25, 0.3) is 0 Å². The number of hydrogen-bond donors (Lipinski definition) is 1. The Labute approximate surface area is 132 Å². The van der Waals surface area contributed by atoms with Crippen molar-refractivity contribution in [1.29, 1.82) is 0 Å². The minimum absolute atomic E-state index is 0.327. The van der Waals surface area contributed by atoms with Crippen molar-refractivity contribution in [2.24, 2.45) is 0 Å². The molecule has 2 rings (SSSR count). The average molecular weight is 354 g/mol. The Balaban J connectivity index is 2.49. The second-order valence-corrected chi connectivity index (χ2v) is 5.91. The first-order chi connectivity index (χ1) is 10.0. The highest BCUT2D eigenvalue weighted by atomic mass is 79.9. The van der Waals surface area contributed by atoms with E-state index in [9.17, 15) is 8.78 Å². The molecule has 0 amide bonds. The van der Waals surface area contributed by atoms with E-state index >= 15 is 0 Å². The summed E-state index contributed by atoms with van der Waals surface area (Å²) in [7, 11) is 0. The van der Waals surface area contributed by atoms with E-state index in [0.29, 0.717) is 5.56 Å². The number of halogens is 3. The Kier molecular flexibility index (Phi) is 5.48. The Morgan fingerprint density at radius 2 is 1.90 bits per heavy atom. The predicted molar refractivity (Wildman–Crippen MR) is 85.4 cm³/mol. The second kappa shape index (κ2) is 7.14. The molecule has 0 bridgehead atoms. The first-order valence-electron chi connectivity index (χ1n) is 6.98. The minimum Gasteiger partial charge on any atom is -0.306 e. The van der Waals surface area contributed by atoms with Gasteiger partial charge in [0.25, 0.3) is 0 Å². The zero-order valence-corrected chi connectivity index (χ0v) is 13.7. The van der Waals surface area contributed by atoms with Gasteiger partial charge in [-0.1, -0.05) is 47.1 Å². The molecule has 2 aromatic carbocycles. The van der Waals surface area contributed by atoms with Gasteiger partial charge >= 0.3 is 0 Å². The molecule has 0 saturated heterocycles. The molecule has 112 valence electrons. The molecule has 4 heteroatoms. The molecule has 0 aromatic heterocycles. The van der Waals surface area contributed by atoms with Crippen LogP contribution in [0, 0.1) is 18.6 Å². The molecule has 0 aliphatic carbocycles. The normalized spacial score (nSPS) is 12.4. The van der Waals surface area contributed by atoms with E-state index in [4.69, 9.17) is 0 Å². The second-order valence-electron chi connectivity index (χ2n) is 5.06. The maximum Gasteiger partial charge on any atom is 0.163 e. The number of aryl methyl sites for hydroxylation is 1. The van der Waals surface area contributed by atoms with Gasteiger partial charge in [0.2, 0.25) is 0 Å². The van der Waals surface area contributed by atoms with Crippen molar-refractivity contribution in [3.05, 3.63) is 69.2 Å². The van der Waals surface area contributed by atoms with E-state index in [-0.39, 0.29) is 6.04 Å². The van der Waals surface area contributed by atoms with Gasteiger partial charge in [0.15, 0.2) is 11.6 Å². The fourth-order valence-electron chi connectivity index (χ4n) is 2.29. The summed E-state index contributed by atoms with van der Waals surface area (Å²) in [5.41, 5.74) is 2.34. The largest absolute Gasteiger partial charge is 0.306 e. The van der Waals surface area contributed by atoms with Gasteiger partial charge in [-0.15, -0.1) is 0 Å². The Morgan fingerprint density at radius 3 is 2.57 bits per heavy atom. The summed E-state index contributed by atoms with van der Waals surface area (Å²) in [6.07, 6.45) is 0.914. The molecule has 0 radical (unpaired) electrons. The number of nitrogens with one attached hydrogen (secondary N) is 1. The predicted octanol–water partition coefficient (Wildman–Crippen LogP) is 5.12. The number of benzene rings is 2. The van der Waals surface area contributed by atoms with Crippen molar-refractivity contribution < 1.29 is 8.78 Å². The van der Waals surface area contributed by atoms with Gasteiger partial charge in [-0.05, 0) is 43.1 Å². The maximum atomic E-state index is 14.1. The Bertz CT molecular complexity index is 628. The van der Waals surface area contributed by atoms with Crippen molar-refractivity contribution >= 4 is 15.9 Å². The van der Waals surface area contributed by atoms with E-state index in [1.165, 1.54) is 6.07 Å². The van der Waals surface area contributed by atoms with E-state index in [1.54, 1.807) is 6.07 Å². The summed E-state index contributed by atoms with van der Waals surface area (Å²) in [4.78, 5) is 0. The summed E-state index contributed by atoms with van der Waals surface area (Å²) in [6.45, 7) is 4.75. The molecular weight excluding hydrogens is 336 g/mol. The Hall–Kier alpha value is -1.26. The quantitative estimate of drug-likeness (QED) is 0.785. The van der Waals surface area contributed by atoms with Crippen LogP contribution < -0.4 is 5.32 Å². The molecule has 1 N–H and O–H groups in total. The van der Waals surface area contributed by atoms with Gasteiger partial charge in [0.05, 0.1) is 6.04 Å².